The number of rotatable bonds is 8. The number of esters is 1. The third kappa shape index (κ3) is 5.77. The maximum atomic E-state index is 12.7. The van der Waals surface area contributed by atoms with Gasteiger partial charge < -0.3 is 15.4 Å². The number of hydrogen-bond acceptors (Lipinski definition) is 6. The van der Waals surface area contributed by atoms with E-state index in [1.165, 1.54) is 28.6 Å². The van der Waals surface area contributed by atoms with Crippen molar-refractivity contribution in [2.45, 2.75) is 30.6 Å². The zero-order valence-electron chi connectivity index (χ0n) is 18.0. The molecule has 1 heterocycles. The van der Waals surface area contributed by atoms with Crippen LogP contribution in [0.25, 0.3) is 0 Å². The molecule has 33 heavy (non-hydrogen) atoms. The topological polar surface area (TPSA) is 122 Å². The number of hydrogen-bond donors (Lipinski definition) is 2. The van der Waals surface area contributed by atoms with E-state index in [0.717, 1.165) is 25.7 Å². The monoisotopic (exact) mass is 471 g/mol. The van der Waals surface area contributed by atoms with Crippen molar-refractivity contribution in [1.82, 2.24) is 4.31 Å². The van der Waals surface area contributed by atoms with Crippen LogP contribution in [0, 0.1) is 5.92 Å². The number of sulfonamides is 1. The van der Waals surface area contributed by atoms with Gasteiger partial charge in [0.25, 0.3) is 5.91 Å². The van der Waals surface area contributed by atoms with Gasteiger partial charge in [0.05, 0.1) is 10.5 Å². The predicted octanol–water partition coefficient (Wildman–Crippen LogP) is 2.62. The molecular formula is C23H25N3O6S. The molecule has 2 fully saturated rings. The largest absolute Gasteiger partial charge is 0.452 e. The maximum absolute atomic E-state index is 12.7. The van der Waals surface area contributed by atoms with Crippen molar-refractivity contribution in [3.8, 4) is 0 Å². The van der Waals surface area contributed by atoms with Crippen LogP contribution in [0.1, 0.15) is 36.0 Å². The molecule has 9 nitrogen and oxygen atoms in total. The van der Waals surface area contributed by atoms with Crippen molar-refractivity contribution in [2.24, 2.45) is 5.92 Å². The fourth-order valence-corrected chi connectivity index (χ4v) is 5.07. The zero-order chi connectivity index (χ0) is 23.4. The van der Waals surface area contributed by atoms with Crippen molar-refractivity contribution in [3.63, 3.8) is 0 Å². The molecule has 1 aliphatic heterocycles. The lowest BCUT2D eigenvalue weighted by Crippen LogP contribution is -2.28. The van der Waals surface area contributed by atoms with Gasteiger partial charge in [0.2, 0.25) is 15.9 Å². The lowest BCUT2D eigenvalue weighted by atomic mass is 10.2. The summed E-state index contributed by atoms with van der Waals surface area (Å²) in [7, 11) is -3.60. The molecule has 2 aromatic carbocycles. The number of carbonyl (C=O) groups is 3. The van der Waals surface area contributed by atoms with Crippen LogP contribution < -0.4 is 10.6 Å². The Balaban J connectivity index is 1.29. The normalized spacial score (nSPS) is 16.2. The molecule has 1 aliphatic carbocycles. The van der Waals surface area contributed by atoms with E-state index in [-0.39, 0.29) is 22.3 Å². The van der Waals surface area contributed by atoms with E-state index in [2.05, 4.69) is 10.6 Å². The molecule has 0 bridgehead atoms. The zero-order valence-corrected chi connectivity index (χ0v) is 18.8. The van der Waals surface area contributed by atoms with Crippen LogP contribution >= 0.6 is 0 Å². The standard InChI is InChI=1S/C23H25N3O6S/c27-21(24-19-4-3-5-20(14-19)33(30,31)26-12-1-2-13-26)15-32-23(29)17-8-10-18(11-9-17)25-22(28)16-6-7-16/h3-5,8-11,14,16H,1-2,6-7,12-13,15H2,(H,24,27)(H,25,28). The maximum Gasteiger partial charge on any atom is 0.338 e. The van der Waals surface area contributed by atoms with Crippen LogP contribution in [0.4, 0.5) is 11.4 Å². The first-order valence-corrected chi connectivity index (χ1v) is 12.2. The van der Waals surface area contributed by atoms with Gasteiger partial charge in [-0.1, -0.05) is 6.07 Å². The van der Waals surface area contributed by atoms with Gasteiger partial charge in [-0.3, -0.25) is 9.59 Å². The summed E-state index contributed by atoms with van der Waals surface area (Å²) in [5.41, 5.74) is 1.13. The second-order valence-electron chi connectivity index (χ2n) is 8.10. The predicted molar refractivity (Wildman–Crippen MR) is 121 cm³/mol. The van der Waals surface area contributed by atoms with Gasteiger partial charge in [-0.05, 0) is 68.1 Å². The van der Waals surface area contributed by atoms with Crippen molar-refractivity contribution < 1.29 is 27.5 Å². The van der Waals surface area contributed by atoms with Crippen molar-refractivity contribution >= 4 is 39.2 Å². The summed E-state index contributed by atoms with van der Waals surface area (Å²) in [5.74, 6) is -1.23. The van der Waals surface area contributed by atoms with Crippen LogP contribution in [-0.4, -0.2) is 50.2 Å². The summed E-state index contributed by atoms with van der Waals surface area (Å²) < 4.78 is 31.8. The lowest BCUT2D eigenvalue weighted by Gasteiger charge is -2.16. The minimum Gasteiger partial charge on any atom is -0.452 e. The number of amides is 2. The molecule has 0 radical (unpaired) electrons. The first-order valence-electron chi connectivity index (χ1n) is 10.8. The van der Waals surface area contributed by atoms with Gasteiger partial charge in [-0.15, -0.1) is 0 Å². The molecule has 0 atom stereocenters. The van der Waals surface area contributed by atoms with Gasteiger partial charge in [0.15, 0.2) is 6.61 Å². The molecule has 1 saturated heterocycles. The Morgan fingerprint density at radius 1 is 0.939 bits per heavy atom. The molecule has 174 valence electrons. The minimum absolute atomic E-state index is 0.0284. The molecule has 0 spiro atoms. The Morgan fingerprint density at radius 2 is 1.64 bits per heavy atom. The Morgan fingerprint density at radius 3 is 2.30 bits per heavy atom. The molecule has 2 aromatic rings. The van der Waals surface area contributed by atoms with Gasteiger partial charge in [-0.25, -0.2) is 13.2 Å². The second-order valence-corrected chi connectivity index (χ2v) is 10.0. The molecule has 2 amide bonds. The van der Waals surface area contributed by atoms with Gasteiger partial charge >= 0.3 is 5.97 Å². The molecule has 0 aromatic heterocycles. The number of carbonyl (C=O) groups excluding carboxylic acids is 3. The SMILES string of the molecule is O=C(COC(=O)c1ccc(NC(=O)C2CC2)cc1)Nc1cccc(S(=O)(=O)N2CCCC2)c1. The van der Waals surface area contributed by atoms with Gasteiger partial charge in [-0.2, -0.15) is 4.31 Å². The molecule has 2 N–H and O–H groups in total. The third-order valence-corrected chi connectivity index (χ3v) is 7.39. The third-order valence-electron chi connectivity index (χ3n) is 5.49. The highest BCUT2D eigenvalue weighted by Crippen LogP contribution is 2.30. The summed E-state index contributed by atoms with van der Waals surface area (Å²) in [6.07, 6.45) is 3.46. The average molecular weight is 472 g/mol. The van der Waals surface area contributed by atoms with Crippen LogP contribution in [0.15, 0.2) is 53.4 Å². The highest BCUT2D eigenvalue weighted by molar-refractivity contribution is 7.89. The second kappa shape index (κ2) is 9.72. The van der Waals surface area contributed by atoms with Gasteiger partial charge in [0, 0.05) is 30.4 Å². The Kier molecular flexibility index (Phi) is 6.75. The van der Waals surface area contributed by atoms with Crippen LogP contribution in [0.3, 0.4) is 0 Å². The fraction of sp³-hybridized carbons (Fsp3) is 0.348. The van der Waals surface area contributed by atoms with Crippen LogP contribution in [0.5, 0.6) is 0 Å². The van der Waals surface area contributed by atoms with Crippen molar-refractivity contribution in [3.05, 3.63) is 54.1 Å². The van der Waals surface area contributed by atoms with E-state index in [9.17, 15) is 22.8 Å². The van der Waals surface area contributed by atoms with E-state index in [1.807, 2.05) is 0 Å². The number of anilines is 2. The Labute approximate surface area is 192 Å². The van der Waals surface area contributed by atoms with E-state index >= 15 is 0 Å². The van der Waals surface area contributed by atoms with Crippen LogP contribution in [-0.2, 0) is 24.3 Å². The van der Waals surface area contributed by atoms with Crippen LogP contribution in [0.2, 0.25) is 0 Å². The smallest absolute Gasteiger partial charge is 0.338 e. The molecule has 4 rings (SSSR count). The van der Waals surface area contributed by atoms with E-state index in [1.54, 1.807) is 24.3 Å². The minimum atomic E-state index is -3.60. The molecule has 10 heteroatoms. The highest BCUT2D eigenvalue weighted by Gasteiger charge is 2.29. The summed E-state index contributed by atoms with van der Waals surface area (Å²) in [4.78, 5) is 36.3. The number of nitrogens with one attached hydrogen (secondary N) is 2. The van der Waals surface area contributed by atoms with E-state index in [0.29, 0.717) is 24.5 Å². The molecule has 2 aliphatic rings. The number of nitrogens with zero attached hydrogens (tertiary/aromatic N) is 1. The van der Waals surface area contributed by atoms with E-state index in [4.69, 9.17) is 4.74 Å². The summed E-state index contributed by atoms with van der Waals surface area (Å²) >= 11 is 0. The van der Waals surface area contributed by atoms with E-state index < -0.39 is 28.5 Å². The number of benzene rings is 2. The summed E-state index contributed by atoms with van der Waals surface area (Å²) in [5, 5.41) is 5.33. The average Bonchev–Trinajstić information content (AvgIpc) is 3.51. The lowest BCUT2D eigenvalue weighted by molar-refractivity contribution is -0.119. The molecular weight excluding hydrogens is 446 g/mol. The highest BCUT2D eigenvalue weighted by atomic mass is 32.2. The first kappa shape index (κ1) is 22.9. The summed E-state index contributed by atoms with van der Waals surface area (Å²) in [6, 6.07) is 12.2. The summed E-state index contributed by atoms with van der Waals surface area (Å²) in [6.45, 7) is 0.452. The van der Waals surface area contributed by atoms with Gasteiger partial charge in [0.1, 0.15) is 0 Å². The molecule has 0 unspecified atom stereocenters. The Hall–Kier alpha value is -3.24. The first-order chi connectivity index (χ1) is 15.8. The fourth-order valence-electron chi connectivity index (χ4n) is 3.50. The quantitative estimate of drug-likeness (QED) is 0.571. The Bertz CT molecular complexity index is 1150. The number of ether oxygens (including phenoxy) is 1. The van der Waals surface area contributed by atoms with Crippen molar-refractivity contribution in [1.29, 1.82) is 0 Å². The molecule has 1 saturated carbocycles. The van der Waals surface area contributed by atoms with Crippen molar-refractivity contribution in [2.75, 3.05) is 30.3 Å².